The number of nitro benzene ring substituents is 1. The molecule has 0 fully saturated rings. The van der Waals surface area contributed by atoms with Crippen molar-refractivity contribution in [1.29, 1.82) is 0 Å². The number of amides is 2. The molecule has 0 aromatic heterocycles. The van der Waals surface area contributed by atoms with Gasteiger partial charge in [-0.15, -0.1) is 0 Å². The first-order valence-electron chi connectivity index (χ1n) is 6.91. The normalized spacial score (nSPS) is 10.1. The van der Waals surface area contributed by atoms with Crippen molar-refractivity contribution in [2.45, 2.75) is 12.8 Å². The van der Waals surface area contributed by atoms with Gasteiger partial charge in [-0.2, -0.15) is 0 Å². The first-order chi connectivity index (χ1) is 11.2. The third kappa shape index (κ3) is 5.51. The Bertz CT molecular complexity index is 664. The first-order valence-corrected chi connectivity index (χ1v) is 7.28. The topological polar surface area (TPSA) is 130 Å². The van der Waals surface area contributed by atoms with Crippen LogP contribution in [-0.4, -0.2) is 52.9 Å². The van der Waals surface area contributed by atoms with Crippen LogP contribution in [0.5, 0.6) is 0 Å². The third-order valence-electron chi connectivity index (χ3n) is 3.13. The van der Waals surface area contributed by atoms with Gasteiger partial charge in [-0.1, -0.05) is 17.7 Å². The predicted octanol–water partition coefficient (Wildman–Crippen LogP) is 1.30. The van der Waals surface area contributed by atoms with Crippen molar-refractivity contribution in [3.8, 4) is 0 Å². The minimum atomic E-state index is -0.963. The summed E-state index contributed by atoms with van der Waals surface area (Å²) in [5.74, 6) is -2.25. The summed E-state index contributed by atoms with van der Waals surface area (Å²) in [4.78, 5) is 45.8. The molecule has 0 unspecified atom stereocenters. The van der Waals surface area contributed by atoms with E-state index in [9.17, 15) is 24.5 Å². The van der Waals surface area contributed by atoms with Crippen LogP contribution < -0.4 is 5.32 Å². The summed E-state index contributed by atoms with van der Waals surface area (Å²) >= 11 is 5.83. The molecule has 10 heteroatoms. The monoisotopic (exact) mass is 357 g/mol. The zero-order valence-corrected chi connectivity index (χ0v) is 13.6. The van der Waals surface area contributed by atoms with E-state index in [0.717, 1.165) is 6.07 Å². The molecule has 1 rings (SSSR count). The molecule has 0 spiro atoms. The van der Waals surface area contributed by atoms with E-state index in [2.05, 4.69) is 5.32 Å². The maximum Gasteiger partial charge on any atom is 0.303 e. The fourth-order valence-corrected chi connectivity index (χ4v) is 2.12. The van der Waals surface area contributed by atoms with Crippen LogP contribution in [0.4, 0.5) is 5.69 Å². The van der Waals surface area contributed by atoms with Crippen LogP contribution in [0.1, 0.15) is 23.2 Å². The molecule has 1 aromatic rings. The standard InChI is InChI=1S/C14H16ClN3O6/c1-17(7-3-6-12(20)21)11(19)8-16-14(22)13-9(15)4-2-5-10(13)18(23)24/h2,4-5H,3,6-8H2,1H3,(H,16,22)(H,20,21). The summed E-state index contributed by atoms with van der Waals surface area (Å²) in [6, 6.07) is 3.82. The van der Waals surface area contributed by atoms with Crippen molar-refractivity contribution in [2.24, 2.45) is 0 Å². The Balaban J connectivity index is 2.65. The maximum absolute atomic E-state index is 12.1. The molecule has 1 aromatic carbocycles. The molecule has 0 aliphatic carbocycles. The molecular weight excluding hydrogens is 342 g/mol. The van der Waals surface area contributed by atoms with Gasteiger partial charge in [0.1, 0.15) is 5.56 Å². The van der Waals surface area contributed by atoms with Gasteiger partial charge in [0.15, 0.2) is 0 Å². The van der Waals surface area contributed by atoms with Crippen LogP contribution in [0, 0.1) is 10.1 Å². The molecule has 0 saturated carbocycles. The summed E-state index contributed by atoms with van der Waals surface area (Å²) in [5.41, 5.74) is -0.771. The lowest BCUT2D eigenvalue weighted by Gasteiger charge is -2.17. The fourth-order valence-electron chi connectivity index (χ4n) is 1.86. The van der Waals surface area contributed by atoms with E-state index < -0.39 is 28.4 Å². The number of aliphatic carboxylic acids is 1. The van der Waals surface area contributed by atoms with E-state index in [1.165, 1.54) is 24.1 Å². The summed E-state index contributed by atoms with van der Waals surface area (Å²) in [6.45, 7) is -0.169. The number of likely N-dealkylation sites (N-methyl/N-ethyl adjacent to an activating group) is 1. The van der Waals surface area contributed by atoms with Gasteiger partial charge in [0.2, 0.25) is 5.91 Å². The first kappa shape index (κ1) is 19.4. The smallest absolute Gasteiger partial charge is 0.303 e. The molecule has 2 N–H and O–H groups in total. The van der Waals surface area contributed by atoms with E-state index >= 15 is 0 Å². The molecule has 0 saturated heterocycles. The number of nitro groups is 1. The number of carboxylic acids is 1. The number of carboxylic acid groups (broad SMARTS) is 1. The second-order valence-corrected chi connectivity index (χ2v) is 5.29. The van der Waals surface area contributed by atoms with Crippen LogP contribution >= 0.6 is 11.6 Å². The molecule has 0 bridgehead atoms. The van der Waals surface area contributed by atoms with Gasteiger partial charge in [0.05, 0.1) is 16.5 Å². The van der Waals surface area contributed by atoms with E-state index in [1.807, 2.05) is 0 Å². The number of hydrogen-bond acceptors (Lipinski definition) is 5. The van der Waals surface area contributed by atoms with Gasteiger partial charge in [-0.3, -0.25) is 24.5 Å². The van der Waals surface area contributed by atoms with Crippen LogP contribution in [0.2, 0.25) is 5.02 Å². The molecule has 24 heavy (non-hydrogen) atoms. The average Bonchev–Trinajstić information content (AvgIpc) is 2.51. The van der Waals surface area contributed by atoms with E-state index in [-0.39, 0.29) is 36.5 Å². The Morgan fingerprint density at radius 1 is 1.38 bits per heavy atom. The Hall–Kier alpha value is -2.68. The lowest BCUT2D eigenvalue weighted by atomic mass is 10.1. The summed E-state index contributed by atoms with van der Waals surface area (Å²) in [7, 11) is 1.47. The average molecular weight is 358 g/mol. The highest BCUT2D eigenvalue weighted by Gasteiger charge is 2.23. The number of carbonyl (C=O) groups excluding carboxylic acids is 2. The van der Waals surface area contributed by atoms with Crippen molar-refractivity contribution < 1.29 is 24.4 Å². The third-order valence-corrected chi connectivity index (χ3v) is 3.44. The second-order valence-electron chi connectivity index (χ2n) is 4.89. The Labute approximate surface area is 142 Å². The van der Waals surface area contributed by atoms with Crippen molar-refractivity contribution in [2.75, 3.05) is 20.1 Å². The molecule has 2 amide bonds. The van der Waals surface area contributed by atoms with Gasteiger partial charge < -0.3 is 15.3 Å². The number of rotatable bonds is 8. The molecule has 130 valence electrons. The Morgan fingerprint density at radius 2 is 2.04 bits per heavy atom. The number of hydrogen-bond donors (Lipinski definition) is 2. The molecule has 0 aliphatic rings. The molecule has 0 heterocycles. The molecule has 0 radical (unpaired) electrons. The molecule has 9 nitrogen and oxygen atoms in total. The van der Waals surface area contributed by atoms with Gasteiger partial charge in [0.25, 0.3) is 11.6 Å². The maximum atomic E-state index is 12.1. The SMILES string of the molecule is CN(CCCC(=O)O)C(=O)CNC(=O)c1c(Cl)cccc1[N+](=O)[O-]. The highest BCUT2D eigenvalue weighted by molar-refractivity contribution is 6.34. The van der Waals surface area contributed by atoms with Crippen LogP contribution in [0.25, 0.3) is 0 Å². The Morgan fingerprint density at radius 3 is 2.62 bits per heavy atom. The van der Waals surface area contributed by atoms with Crippen molar-refractivity contribution in [3.63, 3.8) is 0 Å². The molecule has 0 aliphatic heterocycles. The number of halogens is 1. The van der Waals surface area contributed by atoms with Gasteiger partial charge in [-0.25, -0.2) is 0 Å². The Kier molecular flexibility index (Phi) is 7.12. The van der Waals surface area contributed by atoms with Crippen molar-refractivity contribution in [1.82, 2.24) is 10.2 Å². The van der Waals surface area contributed by atoms with E-state index in [1.54, 1.807) is 0 Å². The number of nitrogens with one attached hydrogen (secondary N) is 1. The molecular formula is C14H16ClN3O6. The van der Waals surface area contributed by atoms with E-state index in [4.69, 9.17) is 16.7 Å². The zero-order chi connectivity index (χ0) is 18.3. The number of benzene rings is 1. The lowest BCUT2D eigenvalue weighted by Crippen LogP contribution is -2.38. The highest BCUT2D eigenvalue weighted by Crippen LogP contribution is 2.25. The van der Waals surface area contributed by atoms with Gasteiger partial charge in [-0.05, 0) is 12.5 Å². The van der Waals surface area contributed by atoms with Crippen molar-refractivity contribution >= 4 is 35.1 Å². The quantitative estimate of drug-likeness (QED) is 0.532. The number of nitrogens with zero attached hydrogens (tertiary/aromatic N) is 2. The van der Waals surface area contributed by atoms with Crippen LogP contribution in [0.3, 0.4) is 0 Å². The van der Waals surface area contributed by atoms with Crippen molar-refractivity contribution in [3.05, 3.63) is 38.9 Å². The molecule has 0 atom stereocenters. The number of carbonyl (C=O) groups is 3. The minimum absolute atomic E-state index is 0.0736. The fraction of sp³-hybridized carbons (Fsp3) is 0.357. The summed E-state index contributed by atoms with van der Waals surface area (Å²) < 4.78 is 0. The minimum Gasteiger partial charge on any atom is -0.481 e. The lowest BCUT2D eigenvalue weighted by molar-refractivity contribution is -0.385. The van der Waals surface area contributed by atoms with Crippen LogP contribution in [0.15, 0.2) is 18.2 Å². The second kappa shape index (κ2) is 8.82. The predicted molar refractivity (Wildman–Crippen MR) is 84.9 cm³/mol. The summed E-state index contributed by atoms with van der Waals surface area (Å²) in [5, 5.41) is 21.7. The summed E-state index contributed by atoms with van der Waals surface area (Å²) in [6.07, 6.45) is 0.206. The van der Waals surface area contributed by atoms with Crippen LogP contribution in [-0.2, 0) is 9.59 Å². The van der Waals surface area contributed by atoms with Gasteiger partial charge in [0, 0.05) is 26.1 Å². The highest BCUT2D eigenvalue weighted by atomic mass is 35.5. The largest absolute Gasteiger partial charge is 0.481 e. The zero-order valence-electron chi connectivity index (χ0n) is 12.8. The van der Waals surface area contributed by atoms with E-state index in [0.29, 0.717) is 0 Å². The van der Waals surface area contributed by atoms with Gasteiger partial charge >= 0.3 is 5.97 Å².